The van der Waals surface area contributed by atoms with Gasteiger partial charge >= 0.3 is 17.9 Å². The lowest BCUT2D eigenvalue weighted by atomic mass is 9.81. The molecule has 0 aromatic heterocycles. The van der Waals surface area contributed by atoms with Crippen molar-refractivity contribution in [3.8, 4) is 0 Å². The number of ether oxygens (including phenoxy) is 3. The highest BCUT2D eigenvalue weighted by molar-refractivity contribution is 5.91. The van der Waals surface area contributed by atoms with Gasteiger partial charge in [0.05, 0.1) is 18.9 Å². The molecule has 0 amide bonds. The zero-order valence-electron chi connectivity index (χ0n) is 16.1. The predicted molar refractivity (Wildman–Crippen MR) is 96.4 cm³/mol. The van der Waals surface area contributed by atoms with Crippen LogP contribution in [0.15, 0.2) is 23.8 Å². The summed E-state index contributed by atoms with van der Waals surface area (Å²) >= 11 is 0. The maximum atomic E-state index is 12.3. The molecule has 7 heteroatoms. The van der Waals surface area contributed by atoms with Gasteiger partial charge in [-0.2, -0.15) is 0 Å². The highest BCUT2D eigenvalue weighted by atomic mass is 16.6. The number of hydrogen-bond acceptors (Lipinski definition) is 7. The molecule has 0 unspecified atom stereocenters. The summed E-state index contributed by atoms with van der Waals surface area (Å²) < 4.78 is 16.0. The first-order chi connectivity index (χ1) is 12.8. The van der Waals surface area contributed by atoms with Crippen LogP contribution in [0.5, 0.6) is 0 Å². The number of hydrogen-bond donors (Lipinski definition) is 1. The Morgan fingerprint density at radius 1 is 1.41 bits per heavy atom. The molecule has 0 saturated carbocycles. The lowest BCUT2D eigenvalue weighted by molar-refractivity contribution is -0.157. The van der Waals surface area contributed by atoms with Gasteiger partial charge in [-0.05, 0) is 25.2 Å². The highest BCUT2D eigenvalue weighted by Gasteiger charge is 2.46. The fourth-order valence-corrected chi connectivity index (χ4v) is 3.54. The van der Waals surface area contributed by atoms with Crippen molar-refractivity contribution in [1.29, 1.82) is 0 Å². The molecule has 1 heterocycles. The van der Waals surface area contributed by atoms with Crippen molar-refractivity contribution < 1.29 is 33.7 Å². The molecule has 150 valence electrons. The Bertz CT molecular complexity index is 634. The largest absolute Gasteiger partial charge is 0.466 e. The van der Waals surface area contributed by atoms with Crippen molar-refractivity contribution >= 4 is 17.9 Å². The molecule has 4 atom stereocenters. The van der Waals surface area contributed by atoms with E-state index in [4.69, 9.17) is 14.2 Å². The first kappa shape index (κ1) is 21.2. The number of carbonyl (C=O) groups excluding carboxylic acids is 3. The van der Waals surface area contributed by atoms with E-state index in [1.54, 1.807) is 19.9 Å². The molecule has 1 saturated heterocycles. The average molecular weight is 380 g/mol. The summed E-state index contributed by atoms with van der Waals surface area (Å²) in [5.74, 6) is -2.50. The molecule has 0 aromatic carbocycles. The van der Waals surface area contributed by atoms with Crippen LogP contribution in [0, 0.1) is 17.8 Å². The van der Waals surface area contributed by atoms with Gasteiger partial charge in [-0.25, -0.2) is 9.59 Å². The number of aliphatic hydroxyl groups is 1. The number of methoxy groups -OCH3 is 1. The van der Waals surface area contributed by atoms with Gasteiger partial charge in [0.1, 0.15) is 12.2 Å². The van der Waals surface area contributed by atoms with E-state index in [1.807, 2.05) is 0 Å². The highest BCUT2D eigenvalue weighted by Crippen LogP contribution is 2.38. The molecule has 7 nitrogen and oxygen atoms in total. The molecule has 1 aliphatic carbocycles. The van der Waals surface area contributed by atoms with Crippen molar-refractivity contribution in [2.24, 2.45) is 17.8 Å². The van der Waals surface area contributed by atoms with Crippen LogP contribution in [0.2, 0.25) is 0 Å². The van der Waals surface area contributed by atoms with Crippen molar-refractivity contribution in [2.45, 2.75) is 51.7 Å². The Morgan fingerprint density at radius 2 is 2.11 bits per heavy atom. The van der Waals surface area contributed by atoms with E-state index < -0.39 is 36.0 Å². The fourth-order valence-electron chi connectivity index (χ4n) is 3.54. The topological polar surface area (TPSA) is 99.1 Å². The number of aliphatic hydroxyl groups excluding tert-OH is 1. The SMILES string of the molecule is C=C1C(=O)O[C@@H]2C[C@H](CO)CC/C=C(/C(=O)OC)C[C@@H](OC(=O)C(C)C)[C@@H]12. The van der Waals surface area contributed by atoms with Crippen LogP contribution in [0.25, 0.3) is 0 Å². The fraction of sp³-hybridized carbons (Fsp3) is 0.650. The average Bonchev–Trinajstić information content (AvgIpc) is 2.91. The minimum absolute atomic E-state index is 0.0644. The van der Waals surface area contributed by atoms with Crippen LogP contribution in [0.4, 0.5) is 0 Å². The van der Waals surface area contributed by atoms with Crippen molar-refractivity contribution in [3.05, 3.63) is 23.8 Å². The second kappa shape index (κ2) is 9.17. The van der Waals surface area contributed by atoms with Gasteiger partial charge in [0.15, 0.2) is 0 Å². The van der Waals surface area contributed by atoms with Gasteiger partial charge in [0.2, 0.25) is 0 Å². The first-order valence-electron chi connectivity index (χ1n) is 9.26. The van der Waals surface area contributed by atoms with Gasteiger partial charge in [-0.1, -0.05) is 26.5 Å². The quantitative estimate of drug-likeness (QED) is 0.452. The van der Waals surface area contributed by atoms with Crippen LogP contribution >= 0.6 is 0 Å². The van der Waals surface area contributed by atoms with E-state index in [1.165, 1.54) is 7.11 Å². The molecular formula is C20H28O7. The molecular weight excluding hydrogens is 352 g/mol. The van der Waals surface area contributed by atoms with E-state index in [0.717, 1.165) is 0 Å². The van der Waals surface area contributed by atoms with Gasteiger partial charge in [-0.15, -0.1) is 0 Å². The lowest BCUT2D eigenvalue weighted by Gasteiger charge is -2.30. The van der Waals surface area contributed by atoms with Crippen LogP contribution in [-0.4, -0.2) is 48.9 Å². The van der Waals surface area contributed by atoms with E-state index >= 15 is 0 Å². The van der Waals surface area contributed by atoms with E-state index in [-0.39, 0.29) is 30.4 Å². The number of rotatable bonds is 4. The Morgan fingerprint density at radius 3 is 2.70 bits per heavy atom. The molecule has 1 aliphatic heterocycles. The lowest BCUT2D eigenvalue weighted by Crippen LogP contribution is -2.37. The van der Waals surface area contributed by atoms with Crippen LogP contribution in [0.1, 0.15) is 39.5 Å². The van der Waals surface area contributed by atoms with Crippen LogP contribution in [-0.2, 0) is 28.6 Å². The first-order valence-corrected chi connectivity index (χ1v) is 9.26. The summed E-state index contributed by atoms with van der Waals surface area (Å²) in [4.78, 5) is 36.6. The standard InChI is InChI=1S/C20H28O7/c1-11(2)18(22)26-16-9-14(20(24)25-4)7-5-6-13(10-21)8-15-17(16)12(3)19(23)27-15/h7,11,13,15-17,21H,3,5-6,8-10H2,1-2,4H3/b14-7+/t13-,15-,16-,17+/m1/s1. The minimum atomic E-state index is -0.772. The Kier molecular flexibility index (Phi) is 7.18. The van der Waals surface area contributed by atoms with Crippen molar-refractivity contribution in [1.82, 2.24) is 0 Å². The molecule has 1 N–H and O–H groups in total. The Balaban J connectivity index is 2.42. The Hall–Kier alpha value is -2.15. The summed E-state index contributed by atoms with van der Waals surface area (Å²) in [6.07, 6.45) is 2.20. The normalized spacial score (nSPS) is 30.8. The minimum Gasteiger partial charge on any atom is -0.466 e. The molecule has 0 bridgehead atoms. The number of esters is 3. The Labute approximate surface area is 159 Å². The summed E-state index contributed by atoms with van der Waals surface area (Å²) in [5, 5.41) is 9.67. The van der Waals surface area contributed by atoms with Gasteiger partial charge in [-0.3, -0.25) is 4.79 Å². The molecule has 1 fully saturated rings. The summed E-state index contributed by atoms with van der Waals surface area (Å²) in [5.41, 5.74) is 0.603. The molecule has 0 spiro atoms. The third-order valence-electron chi connectivity index (χ3n) is 5.12. The van der Waals surface area contributed by atoms with Crippen LogP contribution in [0.3, 0.4) is 0 Å². The van der Waals surface area contributed by atoms with Gasteiger partial charge < -0.3 is 19.3 Å². The molecule has 0 radical (unpaired) electrons. The third kappa shape index (κ3) is 4.97. The van der Waals surface area contributed by atoms with Crippen molar-refractivity contribution in [3.63, 3.8) is 0 Å². The molecule has 27 heavy (non-hydrogen) atoms. The van der Waals surface area contributed by atoms with E-state index in [0.29, 0.717) is 24.8 Å². The number of allylic oxidation sites excluding steroid dienone is 1. The zero-order chi connectivity index (χ0) is 20.1. The summed E-state index contributed by atoms with van der Waals surface area (Å²) in [7, 11) is 1.29. The monoisotopic (exact) mass is 380 g/mol. The molecule has 2 rings (SSSR count). The van der Waals surface area contributed by atoms with E-state index in [2.05, 4.69) is 6.58 Å². The van der Waals surface area contributed by atoms with Crippen molar-refractivity contribution in [2.75, 3.05) is 13.7 Å². The van der Waals surface area contributed by atoms with E-state index in [9.17, 15) is 19.5 Å². The molecule has 0 aromatic rings. The maximum Gasteiger partial charge on any atom is 0.334 e. The van der Waals surface area contributed by atoms with Gasteiger partial charge in [0.25, 0.3) is 0 Å². The second-order valence-electron chi connectivity index (χ2n) is 7.41. The number of carbonyl (C=O) groups is 3. The summed E-state index contributed by atoms with van der Waals surface area (Å²) in [6, 6.07) is 0. The predicted octanol–water partition coefficient (Wildman–Crippen LogP) is 1.93. The summed E-state index contributed by atoms with van der Waals surface area (Å²) in [6.45, 7) is 7.19. The number of fused-ring (bicyclic) bond motifs is 1. The maximum absolute atomic E-state index is 12.3. The second-order valence-corrected chi connectivity index (χ2v) is 7.41. The zero-order valence-corrected chi connectivity index (χ0v) is 16.1. The third-order valence-corrected chi connectivity index (χ3v) is 5.12. The van der Waals surface area contributed by atoms with Crippen LogP contribution < -0.4 is 0 Å². The molecule has 2 aliphatic rings. The van der Waals surface area contributed by atoms with Gasteiger partial charge in [0, 0.05) is 24.2 Å². The smallest absolute Gasteiger partial charge is 0.334 e.